The minimum absolute atomic E-state index is 0.0966. The van der Waals surface area contributed by atoms with Gasteiger partial charge in [0.1, 0.15) is 17.5 Å². The monoisotopic (exact) mass is 573 g/mol. The van der Waals surface area contributed by atoms with Gasteiger partial charge >= 0.3 is 0 Å². The van der Waals surface area contributed by atoms with E-state index in [1.165, 1.54) is 10.7 Å². The predicted molar refractivity (Wildman–Crippen MR) is 157 cm³/mol. The number of nitrogens with zero attached hydrogens (tertiary/aromatic N) is 2. The zero-order valence-electron chi connectivity index (χ0n) is 24.1. The maximum atomic E-state index is 13.7. The molecule has 0 unspecified atom stereocenters. The Kier molecular flexibility index (Phi) is 11.7. The van der Waals surface area contributed by atoms with Crippen LogP contribution < -0.4 is 19.1 Å². The molecule has 2 aromatic carbocycles. The third kappa shape index (κ3) is 8.87. The van der Waals surface area contributed by atoms with E-state index >= 15 is 0 Å². The van der Waals surface area contributed by atoms with Crippen molar-refractivity contribution in [1.82, 2.24) is 10.2 Å². The number of amides is 2. The summed E-state index contributed by atoms with van der Waals surface area (Å²) in [5, 5.41) is 3.18. The minimum atomic E-state index is -3.57. The lowest BCUT2D eigenvalue weighted by Gasteiger charge is -2.33. The molecule has 0 heterocycles. The van der Waals surface area contributed by atoms with Gasteiger partial charge in [0.05, 0.1) is 26.2 Å². The van der Waals surface area contributed by atoms with Crippen molar-refractivity contribution in [3.8, 4) is 11.5 Å². The highest BCUT2D eigenvalue weighted by molar-refractivity contribution is 7.92. The van der Waals surface area contributed by atoms with Gasteiger partial charge in [-0.1, -0.05) is 38.3 Å². The molecule has 10 heteroatoms. The predicted octanol–water partition coefficient (Wildman–Crippen LogP) is 4.51. The van der Waals surface area contributed by atoms with Crippen LogP contribution in [0.1, 0.15) is 63.9 Å². The number of nitrogens with one attached hydrogen (secondary N) is 1. The molecule has 0 radical (unpaired) electrons. The second-order valence-electron chi connectivity index (χ2n) is 10.3. The van der Waals surface area contributed by atoms with Crippen molar-refractivity contribution in [3.05, 3.63) is 54.1 Å². The standard InChI is InChI=1S/C30H43N3O6S/c1-5-28(30(35)31-24-12-7-6-8-13-24)32(22-23-11-9-14-27(21-23)39-3)29(34)15-10-20-33(40(4,36)37)25-16-18-26(38-2)19-17-25/h9,11,14,16-19,21,24,28H,5-8,10,12-13,15,20,22H2,1-4H3,(H,31,35)/t28-/m1/s1. The Labute approximate surface area is 238 Å². The summed E-state index contributed by atoms with van der Waals surface area (Å²) in [6.45, 7) is 2.29. The van der Waals surface area contributed by atoms with Crippen LogP contribution in [-0.4, -0.2) is 64.2 Å². The van der Waals surface area contributed by atoms with Crippen molar-refractivity contribution >= 4 is 27.5 Å². The van der Waals surface area contributed by atoms with Gasteiger partial charge in [-0.25, -0.2) is 8.42 Å². The molecule has 2 amide bonds. The van der Waals surface area contributed by atoms with Crippen LogP contribution in [0.15, 0.2) is 48.5 Å². The molecule has 2 aromatic rings. The molecule has 40 heavy (non-hydrogen) atoms. The van der Waals surface area contributed by atoms with E-state index in [1.54, 1.807) is 43.4 Å². The fourth-order valence-electron chi connectivity index (χ4n) is 5.18. The second-order valence-corrected chi connectivity index (χ2v) is 12.2. The average molecular weight is 574 g/mol. The molecular weight excluding hydrogens is 530 g/mol. The summed E-state index contributed by atoms with van der Waals surface area (Å²) in [6, 6.07) is 13.7. The van der Waals surface area contributed by atoms with Crippen molar-refractivity contribution in [2.45, 2.75) is 76.9 Å². The summed E-state index contributed by atoms with van der Waals surface area (Å²) in [6.07, 6.45) is 7.31. The lowest BCUT2D eigenvalue weighted by Crippen LogP contribution is -2.51. The van der Waals surface area contributed by atoms with Gasteiger partial charge in [-0.3, -0.25) is 13.9 Å². The van der Waals surface area contributed by atoms with Gasteiger partial charge in [0.15, 0.2) is 0 Å². The molecule has 0 bridgehead atoms. The molecule has 1 aliphatic carbocycles. The van der Waals surface area contributed by atoms with E-state index in [4.69, 9.17) is 9.47 Å². The van der Waals surface area contributed by atoms with E-state index in [0.717, 1.165) is 37.5 Å². The van der Waals surface area contributed by atoms with Crippen LogP contribution in [0, 0.1) is 0 Å². The van der Waals surface area contributed by atoms with E-state index in [-0.39, 0.29) is 37.4 Å². The molecule has 1 saturated carbocycles. The first kappa shape index (κ1) is 31.3. The smallest absolute Gasteiger partial charge is 0.243 e. The van der Waals surface area contributed by atoms with Crippen LogP contribution >= 0.6 is 0 Å². The van der Waals surface area contributed by atoms with E-state index in [9.17, 15) is 18.0 Å². The van der Waals surface area contributed by atoms with Gasteiger partial charge in [0.2, 0.25) is 21.8 Å². The van der Waals surface area contributed by atoms with Crippen molar-refractivity contribution in [2.24, 2.45) is 0 Å². The fourth-order valence-corrected chi connectivity index (χ4v) is 6.15. The normalized spacial score (nSPS) is 14.7. The Bertz CT molecular complexity index is 1210. The van der Waals surface area contributed by atoms with Gasteiger partial charge < -0.3 is 19.7 Å². The zero-order chi connectivity index (χ0) is 29.1. The molecule has 0 saturated heterocycles. The van der Waals surface area contributed by atoms with E-state index in [2.05, 4.69) is 5.32 Å². The maximum absolute atomic E-state index is 13.7. The molecule has 220 valence electrons. The Morgan fingerprint density at radius 3 is 2.27 bits per heavy atom. The lowest BCUT2D eigenvalue weighted by molar-refractivity contribution is -0.141. The van der Waals surface area contributed by atoms with Gasteiger partial charge in [-0.15, -0.1) is 0 Å². The van der Waals surface area contributed by atoms with Crippen molar-refractivity contribution in [2.75, 3.05) is 31.3 Å². The second kappa shape index (κ2) is 14.9. The van der Waals surface area contributed by atoms with Gasteiger partial charge in [-0.2, -0.15) is 0 Å². The van der Waals surface area contributed by atoms with E-state index in [1.807, 2.05) is 31.2 Å². The summed E-state index contributed by atoms with van der Waals surface area (Å²) in [7, 11) is -0.438. The number of carbonyl (C=O) groups is 2. The molecule has 0 spiro atoms. The first-order chi connectivity index (χ1) is 19.2. The van der Waals surface area contributed by atoms with Crippen molar-refractivity contribution in [1.29, 1.82) is 0 Å². The van der Waals surface area contributed by atoms with Crippen LogP contribution in [0.5, 0.6) is 11.5 Å². The molecule has 1 N–H and O–H groups in total. The number of ether oxygens (including phenoxy) is 2. The van der Waals surface area contributed by atoms with Crippen LogP contribution in [-0.2, 0) is 26.2 Å². The molecule has 9 nitrogen and oxygen atoms in total. The number of hydrogen-bond donors (Lipinski definition) is 1. The van der Waals surface area contributed by atoms with Crippen LogP contribution in [0.25, 0.3) is 0 Å². The highest BCUT2D eigenvalue weighted by Gasteiger charge is 2.30. The third-order valence-corrected chi connectivity index (χ3v) is 8.53. The van der Waals surface area contributed by atoms with Crippen LogP contribution in [0.4, 0.5) is 5.69 Å². The first-order valence-corrected chi connectivity index (χ1v) is 15.9. The zero-order valence-corrected chi connectivity index (χ0v) is 24.9. The number of anilines is 1. The highest BCUT2D eigenvalue weighted by atomic mass is 32.2. The maximum Gasteiger partial charge on any atom is 0.243 e. The largest absolute Gasteiger partial charge is 0.497 e. The molecule has 1 atom stereocenters. The van der Waals surface area contributed by atoms with Gasteiger partial charge in [-0.05, 0) is 67.6 Å². The number of sulfonamides is 1. The summed E-state index contributed by atoms with van der Waals surface area (Å²) in [5.41, 5.74) is 1.36. The molecule has 1 aliphatic rings. The Balaban J connectivity index is 1.76. The summed E-state index contributed by atoms with van der Waals surface area (Å²) in [5.74, 6) is 0.962. The highest BCUT2D eigenvalue weighted by Crippen LogP contribution is 2.24. The fraction of sp³-hybridized carbons (Fsp3) is 0.533. The summed E-state index contributed by atoms with van der Waals surface area (Å²) < 4.78 is 37.0. The quantitative estimate of drug-likeness (QED) is 0.357. The van der Waals surface area contributed by atoms with Crippen molar-refractivity contribution in [3.63, 3.8) is 0 Å². The third-order valence-electron chi connectivity index (χ3n) is 7.34. The number of carbonyl (C=O) groups excluding carboxylic acids is 2. The van der Waals surface area contributed by atoms with Crippen molar-refractivity contribution < 1.29 is 27.5 Å². The number of hydrogen-bond acceptors (Lipinski definition) is 6. The summed E-state index contributed by atoms with van der Waals surface area (Å²) >= 11 is 0. The number of methoxy groups -OCH3 is 2. The Hall–Kier alpha value is -3.27. The molecule has 0 aliphatic heterocycles. The van der Waals surface area contributed by atoms with Gasteiger partial charge in [0, 0.05) is 25.6 Å². The first-order valence-electron chi connectivity index (χ1n) is 14.0. The Morgan fingerprint density at radius 2 is 1.68 bits per heavy atom. The van der Waals surface area contributed by atoms with Crippen LogP contribution in [0.3, 0.4) is 0 Å². The van der Waals surface area contributed by atoms with E-state index < -0.39 is 16.1 Å². The molecular formula is C30H43N3O6S. The lowest BCUT2D eigenvalue weighted by atomic mass is 9.95. The summed E-state index contributed by atoms with van der Waals surface area (Å²) in [4.78, 5) is 28.7. The number of benzene rings is 2. The minimum Gasteiger partial charge on any atom is -0.497 e. The average Bonchev–Trinajstić information content (AvgIpc) is 2.95. The molecule has 3 rings (SSSR count). The van der Waals surface area contributed by atoms with Crippen LogP contribution in [0.2, 0.25) is 0 Å². The SMILES string of the molecule is CC[C@H](C(=O)NC1CCCCC1)N(Cc1cccc(OC)c1)C(=O)CCCN(c1ccc(OC)cc1)S(C)(=O)=O. The Morgan fingerprint density at radius 1 is 1.00 bits per heavy atom. The molecule has 1 fully saturated rings. The number of rotatable bonds is 14. The van der Waals surface area contributed by atoms with Gasteiger partial charge in [0.25, 0.3) is 0 Å². The molecule has 0 aromatic heterocycles. The van der Waals surface area contributed by atoms with E-state index in [0.29, 0.717) is 30.0 Å². The topological polar surface area (TPSA) is 105 Å².